The average Bonchev–Trinajstić information content (AvgIpc) is 3.45. The first-order valence-electron chi connectivity index (χ1n) is 11.0. The Kier molecular flexibility index (Phi) is 6.48. The minimum absolute atomic E-state index is 0.0678. The zero-order chi connectivity index (χ0) is 24.6. The fourth-order valence-corrected chi connectivity index (χ4v) is 5.13. The number of rotatable bonds is 6. The number of hydrogen-bond donors (Lipinski definition) is 1. The molecule has 1 aromatic heterocycles. The molecule has 1 N–H and O–H groups in total. The molecule has 1 atom stereocenters. The van der Waals surface area contributed by atoms with Gasteiger partial charge in [-0.1, -0.05) is 26.0 Å². The molecular weight excluding hydrogens is 450 g/mol. The molecule has 1 aliphatic rings. The van der Waals surface area contributed by atoms with E-state index in [0.29, 0.717) is 17.0 Å². The molecule has 1 amide bonds. The number of hydrogen-bond acceptors (Lipinski definition) is 6. The Balaban J connectivity index is 1.95. The molecule has 0 radical (unpaired) electrons. The van der Waals surface area contributed by atoms with E-state index in [0.717, 1.165) is 21.8 Å². The van der Waals surface area contributed by atoms with Gasteiger partial charge in [-0.25, -0.2) is 0 Å². The maximum absolute atomic E-state index is 13.4. The van der Waals surface area contributed by atoms with E-state index in [1.165, 1.54) is 16.2 Å². The highest BCUT2D eigenvalue weighted by molar-refractivity contribution is 7.10. The van der Waals surface area contributed by atoms with Gasteiger partial charge in [0.15, 0.2) is 0 Å². The van der Waals surface area contributed by atoms with Gasteiger partial charge < -0.3 is 14.6 Å². The molecule has 1 fully saturated rings. The van der Waals surface area contributed by atoms with E-state index in [1.54, 1.807) is 38.5 Å². The molecule has 0 saturated carbocycles. The van der Waals surface area contributed by atoms with Crippen LogP contribution in [0.4, 0.5) is 5.69 Å². The number of aliphatic hydroxyl groups is 1. The molecule has 176 valence electrons. The van der Waals surface area contributed by atoms with Crippen LogP contribution in [0.15, 0.2) is 59.5 Å². The summed E-state index contributed by atoms with van der Waals surface area (Å²) in [6, 6.07) is 13.7. The largest absolute Gasteiger partial charge is 0.507 e. The van der Waals surface area contributed by atoms with Crippen LogP contribution in [0.3, 0.4) is 0 Å². The van der Waals surface area contributed by atoms with Crippen molar-refractivity contribution >= 4 is 34.5 Å². The molecule has 1 unspecified atom stereocenters. The smallest absolute Gasteiger partial charge is 0.300 e. The third kappa shape index (κ3) is 3.96. The number of amides is 1. The average molecular weight is 478 g/mol. The first-order valence-corrected chi connectivity index (χ1v) is 11.8. The van der Waals surface area contributed by atoms with E-state index < -0.39 is 17.7 Å². The molecule has 2 heterocycles. The molecule has 4 rings (SSSR count). The van der Waals surface area contributed by atoms with Crippen molar-refractivity contribution in [1.29, 1.82) is 0 Å². The van der Waals surface area contributed by atoms with Gasteiger partial charge in [0.05, 0.1) is 19.8 Å². The lowest BCUT2D eigenvalue weighted by molar-refractivity contribution is -0.132. The molecular formula is C27H27NO5S. The molecule has 7 heteroatoms. The Hall–Kier alpha value is -3.58. The topological polar surface area (TPSA) is 76.1 Å². The first-order chi connectivity index (χ1) is 16.3. The fraction of sp³-hybridized carbons (Fsp3) is 0.259. The third-order valence-electron chi connectivity index (χ3n) is 6.04. The summed E-state index contributed by atoms with van der Waals surface area (Å²) in [7, 11) is 3.15. The van der Waals surface area contributed by atoms with Gasteiger partial charge in [-0.05, 0) is 59.7 Å². The zero-order valence-electron chi connectivity index (χ0n) is 19.8. The van der Waals surface area contributed by atoms with Gasteiger partial charge in [-0.3, -0.25) is 14.5 Å². The number of ether oxygens (including phenoxy) is 2. The Labute approximate surface area is 203 Å². The third-order valence-corrected chi connectivity index (χ3v) is 6.97. The number of Topliss-reactive ketones (excluding diaryl/α,β-unsaturated/α-hetero) is 1. The summed E-state index contributed by atoms with van der Waals surface area (Å²) in [5, 5.41) is 13.4. The van der Waals surface area contributed by atoms with E-state index in [4.69, 9.17) is 9.47 Å². The fourth-order valence-electron chi connectivity index (χ4n) is 4.30. The van der Waals surface area contributed by atoms with Crippen molar-refractivity contribution in [2.24, 2.45) is 0 Å². The Morgan fingerprint density at radius 2 is 1.82 bits per heavy atom. The quantitative estimate of drug-likeness (QED) is 0.275. The summed E-state index contributed by atoms with van der Waals surface area (Å²) in [6.07, 6.45) is 0. The summed E-state index contributed by atoms with van der Waals surface area (Å²) < 4.78 is 10.9. The molecule has 0 aliphatic carbocycles. The zero-order valence-corrected chi connectivity index (χ0v) is 20.6. The summed E-state index contributed by atoms with van der Waals surface area (Å²) >= 11 is 1.42. The molecule has 0 spiro atoms. The summed E-state index contributed by atoms with van der Waals surface area (Å²) in [5.74, 6) is -0.185. The maximum Gasteiger partial charge on any atom is 0.300 e. The predicted molar refractivity (Wildman–Crippen MR) is 134 cm³/mol. The number of carbonyl (C=O) groups excluding carboxylic acids is 2. The van der Waals surface area contributed by atoms with Gasteiger partial charge in [0, 0.05) is 22.2 Å². The highest BCUT2D eigenvalue weighted by Gasteiger charge is 2.47. The number of benzene rings is 2. The monoisotopic (exact) mass is 477 g/mol. The van der Waals surface area contributed by atoms with Crippen molar-refractivity contribution in [3.05, 3.63) is 81.1 Å². The number of nitrogens with zero attached hydrogens (tertiary/aromatic N) is 1. The van der Waals surface area contributed by atoms with Gasteiger partial charge in [-0.15, -0.1) is 11.3 Å². The van der Waals surface area contributed by atoms with Crippen molar-refractivity contribution in [2.45, 2.75) is 32.7 Å². The van der Waals surface area contributed by atoms with Gasteiger partial charge in [0.25, 0.3) is 11.7 Å². The Morgan fingerprint density at radius 3 is 2.44 bits per heavy atom. The summed E-state index contributed by atoms with van der Waals surface area (Å²) in [6.45, 7) is 5.91. The molecule has 34 heavy (non-hydrogen) atoms. The van der Waals surface area contributed by atoms with Crippen molar-refractivity contribution in [3.8, 4) is 11.5 Å². The van der Waals surface area contributed by atoms with Crippen LogP contribution in [0.25, 0.3) is 5.76 Å². The van der Waals surface area contributed by atoms with Crippen molar-refractivity contribution in [2.75, 3.05) is 19.1 Å². The minimum Gasteiger partial charge on any atom is -0.507 e. The van der Waals surface area contributed by atoms with E-state index in [2.05, 4.69) is 0 Å². The normalized spacial score (nSPS) is 17.5. The van der Waals surface area contributed by atoms with E-state index in [1.807, 2.05) is 50.4 Å². The second kappa shape index (κ2) is 9.35. The SMILES string of the molecule is COc1cccc(N2C(=O)C(=O)/C(=C(/O)c3cc(C(C)C)c(OC)cc3C)C2c2cccs2)c1. The van der Waals surface area contributed by atoms with Gasteiger partial charge in [0.2, 0.25) is 0 Å². The van der Waals surface area contributed by atoms with Crippen LogP contribution in [0, 0.1) is 6.92 Å². The van der Waals surface area contributed by atoms with Gasteiger partial charge in [-0.2, -0.15) is 0 Å². The van der Waals surface area contributed by atoms with Crippen LogP contribution in [0.2, 0.25) is 0 Å². The van der Waals surface area contributed by atoms with Crippen LogP contribution in [0.5, 0.6) is 11.5 Å². The van der Waals surface area contributed by atoms with Crippen molar-refractivity contribution in [1.82, 2.24) is 0 Å². The minimum atomic E-state index is -0.754. The number of thiophene rings is 1. The Morgan fingerprint density at radius 1 is 1.06 bits per heavy atom. The van der Waals surface area contributed by atoms with E-state index in [9.17, 15) is 14.7 Å². The van der Waals surface area contributed by atoms with Gasteiger partial charge in [0.1, 0.15) is 23.3 Å². The number of aryl methyl sites for hydroxylation is 1. The maximum atomic E-state index is 13.4. The highest BCUT2D eigenvalue weighted by Crippen LogP contribution is 2.45. The molecule has 6 nitrogen and oxygen atoms in total. The number of anilines is 1. The summed E-state index contributed by atoms with van der Waals surface area (Å²) in [5.41, 5.74) is 2.75. The summed E-state index contributed by atoms with van der Waals surface area (Å²) in [4.78, 5) is 28.9. The van der Waals surface area contributed by atoms with Crippen molar-refractivity contribution < 1.29 is 24.2 Å². The highest BCUT2D eigenvalue weighted by atomic mass is 32.1. The second-order valence-corrected chi connectivity index (χ2v) is 9.43. The lowest BCUT2D eigenvalue weighted by Gasteiger charge is -2.25. The lowest BCUT2D eigenvalue weighted by atomic mass is 9.92. The van der Waals surface area contributed by atoms with Crippen molar-refractivity contribution in [3.63, 3.8) is 0 Å². The van der Waals surface area contributed by atoms with E-state index >= 15 is 0 Å². The number of methoxy groups -OCH3 is 2. The number of aliphatic hydroxyl groups excluding tert-OH is 1. The van der Waals surface area contributed by atoms with Crippen LogP contribution in [0.1, 0.15) is 47.4 Å². The Bertz CT molecular complexity index is 1280. The standard InChI is InChI=1S/C27H27NO5S/c1-15(2)19-14-20(16(3)12-21(19)33-5)25(29)23-24(22-10-7-11-34-22)28(27(31)26(23)30)17-8-6-9-18(13-17)32-4/h6-15,24,29H,1-5H3/b25-23+. The molecule has 1 saturated heterocycles. The molecule has 1 aliphatic heterocycles. The molecule has 0 bridgehead atoms. The number of ketones is 1. The second-order valence-electron chi connectivity index (χ2n) is 8.45. The van der Waals surface area contributed by atoms with Crippen LogP contribution >= 0.6 is 11.3 Å². The predicted octanol–water partition coefficient (Wildman–Crippen LogP) is 5.82. The van der Waals surface area contributed by atoms with Crippen LogP contribution < -0.4 is 14.4 Å². The van der Waals surface area contributed by atoms with Gasteiger partial charge >= 0.3 is 0 Å². The molecule has 3 aromatic rings. The van der Waals surface area contributed by atoms with Crippen LogP contribution in [-0.4, -0.2) is 31.0 Å². The number of carbonyl (C=O) groups is 2. The lowest BCUT2D eigenvalue weighted by Crippen LogP contribution is -2.29. The van der Waals surface area contributed by atoms with E-state index in [-0.39, 0.29) is 17.3 Å². The van der Waals surface area contributed by atoms with Crippen LogP contribution in [-0.2, 0) is 9.59 Å². The first kappa shape index (κ1) is 23.6. The molecule has 2 aromatic carbocycles.